The van der Waals surface area contributed by atoms with Gasteiger partial charge in [-0.25, -0.2) is 0 Å². The van der Waals surface area contributed by atoms with Gasteiger partial charge < -0.3 is 14.3 Å². The van der Waals surface area contributed by atoms with Crippen LogP contribution >= 0.6 is 0 Å². The molecule has 0 bridgehead atoms. The van der Waals surface area contributed by atoms with Gasteiger partial charge in [-0.2, -0.15) is 5.48 Å². The fourth-order valence-electron chi connectivity index (χ4n) is 1.97. The molecular formula is C12H17NO3. The maximum absolute atomic E-state index is 5.52. The number of ether oxygens (including phenoxy) is 2. The summed E-state index contributed by atoms with van der Waals surface area (Å²) in [5, 5.41) is 0. The maximum atomic E-state index is 5.52. The third kappa shape index (κ3) is 1.99. The van der Waals surface area contributed by atoms with E-state index in [1.807, 2.05) is 6.07 Å². The van der Waals surface area contributed by atoms with Gasteiger partial charge in [0.2, 0.25) is 6.79 Å². The van der Waals surface area contributed by atoms with Gasteiger partial charge in [-0.3, -0.25) is 0 Å². The summed E-state index contributed by atoms with van der Waals surface area (Å²) in [6, 6.07) is 4.00. The fraction of sp³-hybridized carbons (Fsp3) is 0.500. The molecule has 1 aliphatic rings. The summed E-state index contributed by atoms with van der Waals surface area (Å²) in [5.74, 6) is 2.11. The smallest absolute Gasteiger partial charge is 0.231 e. The summed E-state index contributed by atoms with van der Waals surface area (Å²) in [5.41, 5.74) is 5.23. The highest BCUT2D eigenvalue weighted by Gasteiger charge is 2.22. The van der Waals surface area contributed by atoms with E-state index in [0.29, 0.717) is 19.3 Å². The van der Waals surface area contributed by atoms with E-state index in [2.05, 4.69) is 25.4 Å². The Balaban J connectivity index is 2.37. The number of benzene rings is 1. The van der Waals surface area contributed by atoms with Gasteiger partial charge in [0, 0.05) is 12.1 Å². The molecule has 0 aliphatic carbocycles. The van der Waals surface area contributed by atoms with Crippen molar-refractivity contribution >= 4 is 0 Å². The minimum absolute atomic E-state index is 0.316. The van der Waals surface area contributed by atoms with Gasteiger partial charge in [0.1, 0.15) is 0 Å². The molecule has 1 heterocycles. The van der Waals surface area contributed by atoms with Crippen molar-refractivity contribution in [3.8, 4) is 11.5 Å². The van der Waals surface area contributed by atoms with E-state index < -0.39 is 0 Å². The topological polar surface area (TPSA) is 39.7 Å². The molecule has 4 nitrogen and oxygen atoms in total. The van der Waals surface area contributed by atoms with Crippen LogP contribution in [0.5, 0.6) is 11.5 Å². The van der Waals surface area contributed by atoms with E-state index in [4.69, 9.17) is 14.3 Å². The summed E-state index contributed by atoms with van der Waals surface area (Å²) in [7, 11) is 1.61. The highest BCUT2D eigenvalue weighted by atomic mass is 16.7. The Bertz CT molecular complexity index is 377. The second-order valence-electron chi connectivity index (χ2n) is 4.05. The van der Waals surface area contributed by atoms with Crippen LogP contribution in [0.2, 0.25) is 0 Å². The van der Waals surface area contributed by atoms with Gasteiger partial charge in [0.05, 0.1) is 7.11 Å². The van der Waals surface area contributed by atoms with Crippen molar-refractivity contribution in [2.45, 2.75) is 26.3 Å². The zero-order chi connectivity index (χ0) is 11.5. The van der Waals surface area contributed by atoms with Crippen LogP contribution in [0.4, 0.5) is 0 Å². The van der Waals surface area contributed by atoms with E-state index in [-0.39, 0.29) is 0 Å². The Hall–Kier alpha value is -1.26. The Morgan fingerprint density at radius 2 is 2.19 bits per heavy atom. The summed E-state index contributed by atoms with van der Waals surface area (Å²) in [6.07, 6.45) is 0. The van der Waals surface area contributed by atoms with Crippen molar-refractivity contribution < 1.29 is 14.3 Å². The van der Waals surface area contributed by atoms with Crippen LogP contribution < -0.4 is 15.0 Å². The molecule has 1 aromatic rings. The lowest BCUT2D eigenvalue weighted by Gasteiger charge is -2.15. The Morgan fingerprint density at radius 1 is 1.38 bits per heavy atom. The minimum Gasteiger partial charge on any atom is -0.454 e. The summed E-state index contributed by atoms with van der Waals surface area (Å²) >= 11 is 0. The Labute approximate surface area is 95.5 Å². The first kappa shape index (κ1) is 11.2. The molecule has 0 saturated carbocycles. The molecule has 0 radical (unpaired) electrons. The fourth-order valence-corrected chi connectivity index (χ4v) is 1.97. The van der Waals surface area contributed by atoms with Crippen molar-refractivity contribution in [1.29, 1.82) is 0 Å². The molecule has 1 N–H and O–H groups in total. The molecule has 0 unspecified atom stereocenters. The summed E-state index contributed by atoms with van der Waals surface area (Å²) < 4.78 is 10.9. The van der Waals surface area contributed by atoms with E-state index in [9.17, 15) is 0 Å². The molecule has 0 fully saturated rings. The van der Waals surface area contributed by atoms with Gasteiger partial charge in [-0.05, 0) is 17.5 Å². The monoisotopic (exact) mass is 223 g/mol. The highest BCUT2D eigenvalue weighted by molar-refractivity contribution is 5.53. The average molecular weight is 223 g/mol. The van der Waals surface area contributed by atoms with Crippen molar-refractivity contribution in [3.63, 3.8) is 0 Å². The van der Waals surface area contributed by atoms with E-state index in [0.717, 1.165) is 11.5 Å². The molecule has 1 aliphatic heterocycles. The predicted molar refractivity (Wildman–Crippen MR) is 60.5 cm³/mol. The molecule has 0 amide bonds. The van der Waals surface area contributed by atoms with Gasteiger partial charge >= 0.3 is 0 Å². The van der Waals surface area contributed by atoms with Crippen LogP contribution in [-0.4, -0.2) is 13.9 Å². The van der Waals surface area contributed by atoms with Crippen molar-refractivity contribution in [1.82, 2.24) is 5.48 Å². The lowest BCUT2D eigenvalue weighted by atomic mass is 9.95. The molecule has 0 atom stereocenters. The number of hydroxylamine groups is 1. The first-order valence-electron chi connectivity index (χ1n) is 5.41. The Kier molecular flexibility index (Phi) is 3.31. The average Bonchev–Trinajstić information content (AvgIpc) is 2.72. The largest absolute Gasteiger partial charge is 0.454 e. The van der Waals surface area contributed by atoms with Crippen molar-refractivity contribution in [3.05, 3.63) is 23.3 Å². The third-order valence-electron chi connectivity index (χ3n) is 2.65. The zero-order valence-corrected chi connectivity index (χ0v) is 9.87. The number of hydrogen-bond donors (Lipinski definition) is 1. The first-order valence-corrected chi connectivity index (χ1v) is 5.41. The van der Waals surface area contributed by atoms with Gasteiger partial charge in [-0.15, -0.1) is 0 Å². The lowest BCUT2D eigenvalue weighted by molar-refractivity contribution is 0.0864. The van der Waals surface area contributed by atoms with Gasteiger partial charge in [-0.1, -0.05) is 19.9 Å². The zero-order valence-electron chi connectivity index (χ0n) is 9.87. The van der Waals surface area contributed by atoms with Crippen LogP contribution in [-0.2, 0) is 11.4 Å². The number of fused-ring (bicyclic) bond motifs is 1. The molecule has 0 aromatic heterocycles. The van der Waals surface area contributed by atoms with Crippen molar-refractivity contribution in [2.24, 2.45) is 0 Å². The first-order chi connectivity index (χ1) is 7.74. The number of rotatable bonds is 4. The normalized spacial score (nSPS) is 13.5. The molecule has 4 heteroatoms. The Morgan fingerprint density at radius 3 is 2.88 bits per heavy atom. The van der Waals surface area contributed by atoms with Gasteiger partial charge in [0.15, 0.2) is 11.5 Å². The predicted octanol–water partition coefficient (Wildman–Crippen LogP) is 2.19. The van der Waals surface area contributed by atoms with Crippen LogP contribution in [0.15, 0.2) is 12.1 Å². The van der Waals surface area contributed by atoms with Gasteiger partial charge in [0.25, 0.3) is 0 Å². The van der Waals surface area contributed by atoms with E-state index in [1.54, 1.807) is 7.11 Å². The van der Waals surface area contributed by atoms with E-state index in [1.165, 1.54) is 11.1 Å². The molecular weight excluding hydrogens is 206 g/mol. The van der Waals surface area contributed by atoms with Crippen LogP contribution in [0.25, 0.3) is 0 Å². The molecule has 2 rings (SSSR count). The van der Waals surface area contributed by atoms with Crippen molar-refractivity contribution in [2.75, 3.05) is 13.9 Å². The van der Waals surface area contributed by atoms with E-state index >= 15 is 0 Å². The van der Waals surface area contributed by atoms with Crippen LogP contribution in [0, 0.1) is 0 Å². The SMILES string of the molecule is CONCc1ccc2c(c1C(C)C)OCO2. The molecule has 0 saturated heterocycles. The quantitative estimate of drug-likeness (QED) is 0.794. The lowest BCUT2D eigenvalue weighted by Crippen LogP contribution is -2.13. The number of nitrogens with one attached hydrogen (secondary N) is 1. The molecule has 16 heavy (non-hydrogen) atoms. The molecule has 1 aromatic carbocycles. The standard InChI is InChI=1S/C12H17NO3/c1-8(2)11-9(6-13-14-3)4-5-10-12(11)16-7-15-10/h4-5,8,13H,6-7H2,1-3H3. The third-order valence-corrected chi connectivity index (χ3v) is 2.65. The molecule has 0 spiro atoms. The highest BCUT2D eigenvalue weighted by Crippen LogP contribution is 2.41. The second-order valence-corrected chi connectivity index (χ2v) is 4.05. The summed E-state index contributed by atoms with van der Waals surface area (Å²) in [4.78, 5) is 4.88. The van der Waals surface area contributed by atoms with Crippen LogP contribution in [0.1, 0.15) is 30.9 Å². The minimum atomic E-state index is 0.316. The van der Waals surface area contributed by atoms with Crippen LogP contribution in [0.3, 0.4) is 0 Å². The summed E-state index contributed by atoms with van der Waals surface area (Å²) in [6.45, 7) is 5.28. The maximum Gasteiger partial charge on any atom is 0.231 e. The second kappa shape index (κ2) is 4.72. The number of hydrogen-bond acceptors (Lipinski definition) is 4. The molecule has 88 valence electrons.